The highest BCUT2D eigenvalue weighted by Gasteiger charge is 2.26. The number of non-ortho nitro benzene ring substituents is 1. The number of nitro benzene ring substituents is 1. The van der Waals surface area contributed by atoms with E-state index in [4.69, 9.17) is 9.84 Å². The van der Waals surface area contributed by atoms with Gasteiger partial charge in [0.2, 0.25) is 0 Å². The van der Waals surface area contributed by atoms with Crippen LogP contribution in [0, 0.1) is 10.1 Å². The highest BCUT2D eigenvalue weighted by molar-refractivity contribution is 5.94. The van der Waals surface area contributed by atoms with Crippen molar-refractivity contribution in [2.45, 2.75) is 0 Å². The van der Waals surface area contributed by atoms with Gasteiger partial charge in [-0.1, -0.05) is 54.6 Å². The minimum absolute atomic E-state index is 0.0239. The topological polar surface area (TPSA) is 93.7 Å². The molecule has 5 rings (SSSR count). The summed E-state index contributed by atoms with van der Waals surface area (Å²) in [5, 5.41) is 15.9. The summed E-state index contributed by atoms with van der Waals surface area (Å²) in [4.78, 5) is 28.6. The third-order valence-corrected chi connectivity index (χ3v) is 6.73. The molecule has 0 bridgehead atoms. The van der Waals surface area contributed by atoms with Gasteiger partial charge in [0.25, 0.3) is 11.6 Å². The molecule has 0 saturated carbocycles. The van der Waals surface area contributed by atoms with Crippen LogP contribution in [0.3, 0.4) is 0 Å². The molecule has 1 aliphatic heterocycles. The molecule has 0 unspecified atom stereocenters. The first-order valence-corrected chi connectivity index (χ1v) is 12.7. The van der Waals surface area contributed by atoms with E-state index < -0.39 is 4.92 Å². The molecule has 9 nitrogen and oxygen atoms in total. The van der Waals surface area contributed by atoms with E-state index >= 15 is 0 Å². The fourth-order valence-electron chi connectivity index (χ4n) is 4.57. The van der Waals surface area contributed by atoms with Crippen LogP contribution in [0.25, 0.3) is 23.0 Å². The number of hydrogen-bond acceptors (Lipinski definition) is 6. The number of hydrogen-bond donors (Lipinski definition) is 0. The number of benzene rings is 3. The summed E-state index contributed by atoms with van der Waals surface area (Å²) in [6.45, 7) is 3.53. The van der Waals surface area contributed by atoms with Gasteiger partial charge in [-0.25, -0.2) is 4.68 Å². The van der Waals surface area contributed by atoms with Gasteiger partial charge in [0.1, 0.15) is 11.4 Å². The van der Waals surface area contributed by atoms with Crippen molar-refractivity contribution in [3.63, 3.8) is 0 Å². The number of piperazine rings is 1. The quantitative estimate of drug-likeness (QED) is 0.240. The van der Waals surface area contributed by atoms with E-state index in [1.807, 2.05) is 47.4 Å². The zero-order valence-electron chi connectivity index (χ0n) is 21.6. The highest BCUT2D eigenvalue weighted by Crippen LogP contribution is 2.27. The van der Waals surface area contributed by atoms with E-state index in [1.54, 1.807) is 30.0 Å². The summed E-state index contributed by atoms with van der Waals surface area (Å²) in [6, 6.07) is 25.5. The zero-order chi connectivity index (χ0) is 27.2. The molecular formula is C30H29N5O4. The van der Waals surface area contributed by atoms with Gasteiger partial charge < -0.3 is 9.64 Å². The van der Waals surface area contributed by atoms with Crippen LogP contribution >= 0.6 is 0 Å². The molecule has 198 valence electrons. The Morgan fingerprint density at radius 2 is 1.72 bits per heavy atom. The van der Waals surface area contributed by atoms with Crippen LogP contribution in [0.5, 0.6) is 5.75 Å². The zero-order valence-corrected chi connectivity index (χ0v) is 21.6. The van der Waals surface area contributed by atoms with Crippen molar-refractivity contribution in [3.05, 3.63) is 112 Å². The number of nitro groups is 1. The molecule has 1 fully saturated rings. The van der Waals surface area contributed by atoms with Crippen LogP contribution in [-0.4, -0.2) is 70.2 Å². The lowest BCUT2D eigenvalue weighted by Gasteiger charge is -2.34. The minimum atomic E-state index is -0.449. The van der Waals surface area contributed by atoms with Crippen molar-refractivity contribution in [1.29, 1.82) is 0 Å². The maximum absolute atomic E-state index is 13.7. The molecule has 0 N–H and O–H groups in total. The van der Waals surface area contributed by atoms with Gasteiger partial charge in [-0.05, 0) is 35.9 Å². The number of ether oxygens (including phenoxy) is 1. The van der Waals surface area contributed by atoms with E-state index in [-0.39, 0.29) is 11.6 Å². The number of carbonyl (C=O) groups excluding carboxylic acids is 1. The molecular weight excluding hydrogens is 494 g/mol. The van der Waals surface area contributed by atoms with Crippen LogP contribution in [0.1, 0.15) is 16.1 Å². The molecule has 0 radical (unpaired) electrons. The van der Waals surface area contributed by atoms with Crippen molar-refractivity contribution >= 4 is 17.7 Å². The summed E-state index contributed by atoms with van der Waals surface area (Å²) in [7, 11) is 1.60. The molecule has 1 aromatic heterocycles. The Labute approximate surface area is 226 Å². The van der Waals surface area contributed by atoms with Crippen molar-refractivity contribution in [3.8, 4) is 22.7 Å². The maximum atomic E-state index is 13.7. The summed E-state index contributed by atoms with van der Waals surface area (Å²) in [5.74, 6) is 0.553. The van der Waals surface area contributed by atoms with Crippen LogP contribution in [0.2, 0.25) is 0 Å². The van der Waals surface area contributed by atoms with Crippen molar-refractivity contribution < 1.29 is 14.5 Å². The summed E-state index contributed by atoms with van der Waals surface area (Å²) in [6.07, 6.45) is 4.26. The minimum Gasteiger partial charge on any atom is -0.497 e. The second-order valence-electron chi connectivity index (χ2n) is 9.24. The van der Waals surface area contributed by atoms with E-state index in [1.165, 1.54) is 12.1 Å². The third-order valence-electron chi connectivity index (χ3n) is 6.73. The third kappa shape index (κ3) is 6.05. The number of carbonyl (C=O) groups is 1. The van der Waals surface area contributed by atoms with Crippen LogP contribution in [0.4, 0.5) is 5.69 Å². The lowest BCUT2D eigenvalue weighted by Crippen LogP contribution is -2.49. The van der Waals surface area contributed by atoms with Crippen LogP contribution < -0.4 is 4.74 Å². The summed E-state index contributed by atoms with van der Waals surface area (Å²) < 4.78 is 6.92. The molecule has 2 heterocycles. The molecule has 1 saturated heterocycles. The predicted molar refractivity (Wildman–Crippen MR) is 150 cm³/mol. The van der Waals surface area contributed by atoms with E-state index in [2.05, 4.69) is 29.2 Å². The summed E-state index contributed by atoms with van der Waals surface area (Å²) >= 11 is 0. The Balaban J connectivity index is 1.35. The van der Waals surface area contributed by atoms with Crippen molar-refractivity contribution in [1.82, 2.24) is 19.6 Å². The number of methoxy groups -OCH3 is 1. The Morgan fingerprint density at radius 1 is 0.974 bits per heavy atom. The molecule has 1 amide bonds. The lowest BCUT2D eigenvalue weighted by atomic mass is 10.1. The molecule has 0 spiro atoms. The smallest absolute Gasteiger partial charge is 0.272 e. The monoisotopic (exact) mass is 523 g/mol. The number of nitrogens with zero attached hydrogens (tertiary/aromatic N) is 5. The molecule has 39 heavy (non-hydrogen) atoms. The highest BCUT2D eigenvalue weighted by atomic mass is 16.6. The first-order chi connectivity index (χ1) is 19.0. The van der Waals surface area contributed by atoms with Crippen molar-refractivity contribution in [2.24, 2.45) is 0 Å². The van der Waals surface area contributed by atoms with Gasteiger partial charge in [-0.15, -0.1) is 0 Å². The normalized spacial score (nSPS) is 14.0. The Hall–Kier alpha value is -4.76. The molecule has 0 aliphatic carbocycles. The summed E-state index contributed by atoms with van der Waals surface area (Å²) in [5.41, 5.74) is 3.53. The number of rotatable bonds is 8. The van der Waals surface area contributed by atoms with Crippen LogP contribution in [0.15, 0.2) is 91.0 Å². The van der Waals surface area contributed by atoms with E-state index in [0.717, 1.165) is 30.8 Å². The largest absolute Gasteiger partial charge is 0.497 e. The SMILES string of the molecule is COc1cccc(-c2cc(C(=O)N3CCN(CC=Cc4ccccc4)CC3)n(-c3ccc([N+](=O)[O-])cc3)n2)c1. The molecule has 9 heteroatoms. The Bertz CT molecular complexity index is 1470. The second-order valence-corrected chi connectivity index (χ2v) is 9.24. The van der Waals surface area contributed by atoms with Gasteiger partial charge in [-0.2, -0.15) is 5.10 Å². The van der Waals surface area contributed by atoms with E-state index in [9.17, 15) is 14.9 Å². The maximum Gasteiger partial charge on any atom is 0.272 e. The standard InChI is InChI=1S/C30H29N5O4/c1-39-27-11-5-10-24(21-27)28-22-29(34(31-28)25-12-14-26(15-13-25)35(37)38)30(36)33-19-17-32(18-20-33)16-6-9-23-7-3-2-4-8-23/h2-15,21-22H,16-20H2,1H3. The average molecular weight is 524 g/mol. The van der Waals surface area contributed by atoms with Gasteiger partial charge in [0, 0.05) is 50.4 Å². The first-order valence-electron chi connectivity index (χ1n) is 12.7. The average Bonchev–Trinajstić information content (AvgIpc) is 3.43. The number of amides is 1. The fraction of sp³-hybridized carbons (Fsp3) is 0.200. The van der Waals surface area contributed by atoms with Gasteiger partial charge in [0.05, 0.1) is 23.4 Å². The van der Waals surface area contributed by atoms with Crippen LogP contribution in [-0.2, 0) is 0 Å². The molecule has 1 aliphatic rings. The second kappa shape index (κ2) is 11.7. The fourth-order valence-corrected chi connectivity index (χ4v) is 4.57. The van der Waals surface area contributed by atoms with Gasteiger partial charge >= 0.3 is 0 Å². The van der Waals surface area contributed by atoms with Crippen molar-refractivity contribution in [2.75, 3.05) is 39.8 Å². The molecule has 3 aromatic carbocycles. The van der Waals surface area contributed by atoms with Gasteiger partial charge in [-0.3, -0.25) is 19.8 Å². The predicted octanol–water partition coefficient (Wildman–Crippen LogP) is 4.93. The number of aromatic nitrogens is 2. The Morgan fingerprint density at radius 3 is 2.41 bits per heavy atom. The lowest BCUT2D eigenvalue weighted by molar-refractivity contribution is -0.384. The molecule has 4 aromatic rings. The van der Waals surface area contributed by atoms with Gasteiger partial charge in [0.15, 0.2) is 0 Å². The molecule has 0 atom stereocenters. The first kappa shape index (κ1) is 25.9. The Kier molecular flexibility index (Phi) is 7.79. The van der Waals surface area contributed by atoms with E-state index in [0.29, 0.717) is 35.9 Å².